The molecule has 0 amide bonds. The minimum Gasteiger partial charge on any atom is -0.393 e. The first-order chi connectivity index (χ1) is 7.70. The molecule has 2 rings (SSSR count). The van der Waals surface area contributed by atoms with Crippen molar-refractivity contribution in [2.75, 3.05) is 6.54 Å². The molecule has 0 aliphatic heterocycles. The van der Waals surface area contributed by atoms with Crippen LogP contribution in [0.3, 0.4) is 0 Å². The van der Waals surface area contributed by atoms with E-state index in [-0.39, 0.29) is 11.7 Å². The Hall–Kier alpha value is -1.13. The number of pyridine rings is 1. The molecular formula is C12H18N2O2. The van der Waals surface area contributed by atoms with Gasteiger partial charge in [-0.3, -0.25) is 4.79 Å². The summed E-state index contributed by atoms with van der Waals surface area (Å²) in [6.45, 7) is 1.22. The highest BCUT2D eigenvalue weighted by molar-refractivity contribution is 5.11. The molecule has 88 valence electrons. The van der Waals surface area contributed by atoms with Crippen LogP contribution in [0.15, 0.2) is 23.1 Å². The Bertz CT molecular complexity index is 408. The maximum Gasteiger partial charge on any atom is 0.253 e. The van der Waals surface area contributed by atoms with Crippen LogP contribution in [0.25, 0.3) is 0 Å². The second kappa shape index (κ2) is 4.80. The third-order valence-corrected chi connectivity index (χ3v) is 3.18. The van der Waals surface area contributed by atoms with Crippen molar-refractivity contribution < 1.29 is 5.11 Å². The second-order valence-corrected chi connectivity index (χ2v) is 4.52. The predicted octanol–water partition coefficient (Wildman–Crippen LogP) is 0.120. The number of aliphatic hydroxyl groups is 1. The maximum atomic E-state index is 12.0. The van der Waals surface area contributed by atoms with Crippen molar-refractivity contribution >= 4 is 0 Å². The molecule has 3 N–H and O–H groups in total. The van der Waals surface area contributed by atoms with Crippen LogP contribution in [0, 0.1) is 5.92 Å². The zero-order valence-electron chi connectivity index (χ0n) is 9.30. The first kappa shape index (κ1) is 11.4. The standard InChI is InChI=1S/C12H18N2O2/c13-4-3-10-2-1-5-14(12(10)16)8-9-6-11(15)7-9/h1-2,5,9,11,15H,3-4,6-8,13H2. The van der Waals surface area contributed by atoms with Crippen LogP contribution in [0.1, 0.15) is 18.4 Å². The molecule has 0 radical (unpaired) electrons. The molecule has 1 aromatic rings. The fourth-order valence-corrected chi connectivity index (χ4v) is 2.20. The zero-order chi connectivity index (χ0) is 11.5. The molecule has 16 heavy (non-hydrogen) atoms. The van der Waals surface area contributed by atoms with E-state index in [9.17, 15) is 9.90 Å². The third-order valence-electron chi connectivity index (χ3n) is 3.18. The minimum atomic E-state index is -0.159. The summed E-state index contributed by atoms with van der Waals surface area (Å²) in [6.07, 6.45) is 3.91. The van der Waals surface area contributed by atoms with Gasteiger partial charge in [-0.25, -0.2) is 0 Å². The van der Waals surface area contributed by atoms with Crippen molar-refractivity contribution in [3.8, 4) is 0 Å². The smallest absolute Gasteiger partial charge is 0.253 e. The summed E-state index contributed by atoms with van der Waals surface area (Å²) in [5, 5.41) is 9.20. The maximum absolute atomic E-state index is 12.0. The van der Waals surface area contributed by atoms with E-state index in [4.69, 9.17) is 5.73 Å². The molecule has 0 saturated heterocycles. The van der Waals surface area contributed by atoms with Crippen molar-refractivity contribution in [2.45, 2.75) is 31.9 Å². The molecule has 0 spiro atoms. The summed E-state index contributed by atoms with van der Waals surface area (Å²) in [5.74, 6) is 0.445. The Morgan fingerprint density at radius 2 is 2.25 bits per heavy atom. The topological polar surface area (TPSA) is 68.2 Å². The van der Waals surface area contributed by atoms with Crippen LogP contribution in [-0.2, 0) is 13.0 Å². The summed E-state index contributed by atoms with van der Waals surface area (Å²) < 4.78 is 1.74. The lowest BCUT2D eigenvalue weighted by Gasteiger charge is -2.31. The first-order valence-electron chi connectivity index (χ1n) is 5.77. The van der Waals surface area contributed by atoms with Crippen LogP contribution >= 0.6 is 0 Å². The van der Waals surface area contributed by atoms with Crippen LogP contribution in [0.2, 0.25) is 0 Å². The molecule has 1 fully saturated rings. The molecule has 1 aliphatic rings. The van der Waals surface area contributed by atoms with Gasteiger partial charge in [0.15, 0.2) is 0 Å². The van der Waals surface area contributed by atoms with E-state index in [0.29, 0.717) is 25.4 Å². The molecule has 0 unspecified atom stereocenters. The molecule has 1 saturated carbocycles. The van der Waals surface area contributed by atoms with E-state index in [1.807, 2.05) is 18.3 Å². The Morgan fingerprint density at radius 3 is 2.88 bits per heavy atom. The van der Waals surface area contributed by atoms with Gasteiger partial charge in [-0.1, -0.05) is 6.07 Å². The van der Waals surface area contributed by atoms with Crippen LogP contribution in [0.5, 0.6) is 0 Å². The van der Waals surface area contributed by atoms with E-state index < -0.39 is 0 Å². The van der Waals surface area contributed by atoms with Crippen LogP contribution in [-0.4, -0.2) is 22.3 Å². The Labute approximate surface area is 94.7 Å². The molecule has 4 nitrogen and oxygen atoms in total. The molecule has 0 bridgehead atoms. The Balaban J connectivity index is 2.09. The molecule has 1 aliphatic carbocycles. The van der Waals surface area contributed by atoms with E-state index in [0.717, 1.165) is 18.4 Å². The molecule has 4 heteroatoms. The van der Waals surface area contributed by atoms with E-state index in [1.165, 1.54) is 0 Å². The molecule has 1 heterocycles. The average Bonchev–Trinajstić information content (AvgIpc) is 2.22. The van der Waals surface area contributed by atoms with Crippen molar-refractivity contribution in [3.63, 3.8) is 0 Å². The number of hydrogen-bond acceptors (Lipinski definition) is 3. The number of aromatic nitrogens is 1. The molecule has 0 atom stereocenters. The summed E-state index contributed by atoms with van der Waals surface area (Å²) in [4.78, 5) is 12.0. The number of aliphatic hydroxyl groups excluding tert-OH is 1. The SMILES string of the molecule is NCCc1cccn(CC2CC(O)C2)c1=O. The van der Waals surface area contributed by atoms with Gasteiger partial charge in [-0.2, -0.15) is 0 Å². The summed E-state index contributed by atoms with van der Waals surface area (Å²) in [6, 6.07) is 3.73. The molecule has 0 aromatic carbocycles. The number of rotatable bonds is 4. The molecule has 1 aromatic heterocycles. The minimum absolute atomic E-state index is 0.0642. The van der Waals surface area contributed by atoms with Gasteiger partial charge in [0.2, 0.25) is 0 Å². The Kier molecular flexibility index (Phi) is 3.41. The van der Waals surface area contributed by atoms with E-state index in [2.05, 4.69) is 0 Å². The number of nitrogens with two attached hydrogens (primary N) is 1. The summed E-state index contributed by atoms with van der Waals surface area (Å²) >= 11 is 0. The highest BCUT2D eigenvalue weighted by Gasteiger charge is 2.27. The predicted molar refractivity (Wildman–Crippen MR) is 62.2 cm³/mol. The molecular weight excluding hydrogens is 204 g/mol. The lowest BCUT2D eigenvalue weighted by atomic mass is 9.82. The zero-order valence-corrected chi connectivity index (χ0v) is 9.30. The third kappa shape index (κ3) is 2.33. The van der Waals surface area contributed by atoms with Crippen molar-refractivity contribution in [3.05, 3.63) is 34.2 Å². The van der Waals surface area contributed by atoms with Gasteiger partial charge in [0.05, 0.1) is 6.10 Å². The fraction of sp³-hybridized carbons (Fsp3) is 0.583. The van der Waals surface area contributed by atoms with Crippen molar-refractivity contribution in [1.29, 1.82) is 0 Å². The van der Waals surface area contributed by atoms with Gasteiger partial charge < -0.3 is 15.4 Å². The highest BCUT2D eigenvalue weighted by Crippen LogP contribution is 2.28. The fourth-order valence-electron chi connectivity index (χ4n) is 2.20. The van der Waals surface area contributed by atoms with Crippen LogP contribution < -0.4 is 11.3 Å². The van der Waals surface area contributed by atoms with Gasteiger partial charge in [0.1, 0.15) is 0 Å². The lowest BCUT2D eigenvalue weighted by Crippen LogP contribution is -2.35. The van der Waals surface area contributed by atoms with Gasteiger partial charge in [0.25, 0.3) is 5.56 Å². The largest absolute Gasteiger partial charge is 0.393 e. The summed E-state index contributed by atoms with van der Waals surface area (Å²) in [7, 11) is 0. The van der Waals surface area contributed by atoms with Crippen molar-refractivity contribution in [1.82, 2.24) is 4.57 Å². The summed E-state index contributed by atoms with van der Waals surface area (Å²) in [5.41, 5.74) is 6.30. The van der Waals surface area contributed by atoms with E-state index in [1.54, 1.807) is 4.57 Å². The van der Waals surface area contributed by atoms with E-state index >= 15 is 0 Å². The van der Waals surface area contributed by atoms with Gasteiger partial charge >= 0.3 is 0 Å². The van der Waals surface area contributed by atoms with Gasteiger partial charge in [0, 0.05) is 18.3 Å². The lowest BCUT2D eigenvalue weighted by molar-refractivity contribution is 0.0347. The van der Waals surface area contributed by atoms with Gasteiger partial charge in [-0.05, 0) is 37.8 Å². The van der Waals surface area contributed by atoms with Crippen LogP contribution in [0.4, 0.5) is 0 Å². The monoisotopic (exact) mass is 222 g/mol. The second-order valence-electron chi connectivity index (χ2n) is 4.52. The Morgan fingerprint density at radius 1 is 1.50 bits per heavy atom. The average molecular weight is 222 g/mol. The van der Waals surface area contributed by atoms with Crippen molar-refractivity contribution in [2.24, 2.45) is 11.7 Å². The number of nitrogens with zero attached hydrogens (tertiary/aromatic N) is 1. The highest BCUT2D eigenvalue weighted by atomic mass is 16.3. The first-order valence-corrected chi connectivity index (χ1v) is 5.77. The quantitative estimate of drug-likeness (QED) is 0.760. The van der Waals surface area contributed by atoms with Gasteiger partial charge in [-0.15, -0.1) is 0 Å². The normalized spacial score (nSPS) is 24.1. The number of hydrogen-bond donors (Lipinski definition) is 2.